The van der Waals surface area contributed by atoms with Crippen molar-refractivity contribution in [1.82, 2.24) is 4.72 Å². The van der Waals surface area contributed by atoms with Gasteiger partial charge in [0.1, 0.15) is 15.5 Å². The molecule has 0 saturated heterocycles. The average molecular weight is 322 g/mol. The van der Waals surface area contributed by atoms with Gasteiger partial charge in [-0.25, -0.2) is 17.9 Å². The van der Waals surface area contributed by atoms with Crippen LogP contribution < -0.4 is 4.72 Å². The fourth-order valence-corrected chi connectivity index (χ4v) is 3.77. The summed E-state index contributed by atoms with van der Waals surface area (Å²) in [5, 5.41) is 10.4. The van der Waals surface area contributed by atoms with E-state index < -0.39 is 16.0 Å². The molecule has 102 valence electrons. The standard InChI is InChI=1S/C10H8ClNO5S2/c11-8-2-1-6(17-8)5-12-19(15,16)7-3-4-18-9(7)10(13)14/h1-4,12H,5H2,(H,13,14). The average Bonchev–Trinajstić information content (AvgIpc) is 2.94. The Hall–Kier alpha value is -1.35. The van der Waals surface area contributed by atoms with Gasteiger partial charge >= 0.3 is 5.97 Å². The summed E-state index contributed by atoms with van der Waals surface area (Å²) < 4.78 is 31.2. The topological polar surface area (TPSA) is 96.6 Å². The van der Waals surface area contributed by atoms with Gasteiger partial charge in [0.05, 0.1) is 6.54 Å². The maximum absolute atomic E-state index is 12.0. The van der Waals surface area contributed by atoms with Crippen LogP contribution in [0.5, 0.6) is 0 Å². The Morgan fingerprint density at radius 1 is 1.42 bits per heavy atom. The van der Waals surface area contributed by atoms with Gasteiger partial charge in [0, 0.05) is 0 Å². The van der Waals surface area contributed by atoms with Crippen LogP contribution in [0, 0.1) is 0 Å². The number of rotatable bonds is 5. The summed E-state index contributed by atoms with van der Waals surface area (Å²) in [4.78, 5) is 10.4. The van der Waals surface area contributed by atoms with Crippen molar-refractivity contribution in [2.45, 2.75) is 11.4 Å². The minimum absolute atomic E-state index is 0.107. The lowest BCUT2D eigenvalue weighted by Crippen LogP contribution is -2.24. The molecule has 2 aromatic rings. The van der Waals surface area contributed by atoms with Crippen LogP contribution in [0.4, 0.5) is 0 Å². The van der Waals surface area contributed by atoms with Crippen molar-refractivity contribution in [3.63, 3.8) is 0 Å². The smallest absolute Gasteiger partial charge is 0.347 e. The molecule has 0 bridgehead atoms. The van der Waals surface area contributed by atoms with E-state index in [0.717, 1.165) is 11.3 Å². The predicted molar refractivity (Wildman–Crippen MR) is 69.0 cm³/mol. The van der Waals surface area contributed by atoms with Crippen LogP contribution in [0.2, 0.25) is 5.22 Å². The summed E-state index contributed by atoms with van der Waals surface area (Å²) in [7, 11) is -3.91. The van der Waals surface area contributed by atoms with E-state index in [1.165, 1.54) is 23.6 Å². The van der Waals surface area contributed by atoms with Gasteiger partial charge < -0.3 is 9.52 Å². The molecule has 9 heteroatoms. The van der Waals surface area contributed by atoms with Crippen molar-refractivity contribution in [3.05, 3.63) is 39.4 Å². The molecule has 19 heavy (non-hydrogen) atoms. The van der Waals surface area contributed by atoms with Crippen LogP contribution >= 0.6 is 22.9 Å². The van der Waals surface area contributed by atoms with Crippen molar-refractivity contribution >= 4 is 38.9 Å². The number of nitrogens with one attached hydrogen (secondary N) is 1. The molecule has 0 unspecified atom stereocenters. The molecule has 0 aliphatic carbocycles. The molecule has 2 N–H and O–H groups in total. The highest BCUT2D eigenvalue weighted by molar-refractivity contribution is 7.89. The molecule has 0 amide bonds. The molecule has 0 atom stereocenters. The van der Waals surface area contributed by atoms with Crippen LogP contribution in [0.25, 0.3) is 0 Å². The third-order valence-corrected chi connectivity index (χ3v) is 4.86. The number of carboxylic acid groups (broad SMARTS) is 1. The molecule has 0 aromatic carbocycles. The Balaban J connectivity index is 2.18. The summed E-state index contributed by atoms with van der Waals surface area (Å²) in [6, 6.07) is 4.25. The van der Waals surface area contributed by atoms with Gasteiger partial charge in [-0.15, -0.1) is 11.3 Å². The summed E-state index contributed by atoms with van der Waals surface area (Å²) >= 11 is 6.40. The van der Waals surface area contributed by atoms with Crippen LogP contribution in [0.1, 0.15) is 15.4 Å². The third kappa shape index (κ3) is 3.16. The predicted octanol–water partition coefficient (Wildman–Crippen LogP) is 2.17. The highest BCUT2D eigenvalue weighted by Crippen LogP contribution is 2.22. The molecule has 0 fully saturated rings. The van der Waals surface area contributed by atoms with E-state index in [-0.39, 0.29) is 21.5 Å². The van der Waals surface area contributed by atoms with Crippen molar-refractivity contribution in [2.24, 2.45) is 0 Å². The maximum atomic E-state index is 12.0. The number of sulfonamides is 1. The van der Waals surface area contributed by atoms with Gasteiger partial charge in [-0.3, -0.25) is 0 Å². The summed E-state index contributed by atoms with van der Waals surface area (Å²) in [5.74, 6) is -0.947. The number of carboxylic acids is 1. The van der Waals surface area contributed by atoms with Gasteiger partial charge in [-0.1, -0.05) is 0 Å². The number of carbonyl (C=O) groups is 1. The second-order valence-electron chi connectivity index (χ2n) is 3.45. The van der Waals surface area contributed by atoms with Gasteiger partial charge in [0.2, 0.25) is 10.0 Å². The molecule has 0 saturated carbocycles. The molecule has 0 spiro atoms. The minimum Gasteiger partial charge on any atom is -0.477 e. The van der Waals surface area contributed by atoms with E-state index in [9.17, 15) is 13.2 Å². The van der Waals surface area contributed by atoms with Crippen molar-refractivity contribution < 1.29 is 22.7 Å². The lowest BCUT2D eigenvalue weighted by molar-refractivity contribution is 0.0698. The zero-order valence-corrected chi connectivity index (χ0v) is 11.7. The van der Waals surface area contributed by atoms with E-state index >= 15 is 0 Å². The molecule has 2 heterocycles. The maximum Gasteiger partial charge on any atom is 0.347 e. The highest BCUT2D eigenvalue weighted by atomic mass is 35.5. The van der Waals surface area contributed by atoms with Gasteiger partial charge in [0.15, 0.2) is 5.22 Å². The monoisotopic (exact) mass is 321 g/mol. The first-order valence-corrected chi connectivity index (χ1v) is 7.69. The van der Waals surface area contributed by atoms with Crippen LogP contribution in [0.15, 0.2) is 32.9 Å². The summed E-state index contributed by atoms with van der Waals surface area (Å²) in [5.41, 5.74) is 0. The fraction of sp³-hybridized carbons (Fsp3) is 0.100. The van der Waals surface area contributed by atoms with Crippen molar-refractivity contribution in [1.29, 1.82) is 0 Å². The second-order valence-corrected chi connectivity index (χ2v) is 6.47. The first kappa shape index (κ1) is 14.1. The number of halogens is 1. The number of thiophene rings is 1. The number of hydrogen-bond acceptors (Lipinski definition) is 5. The van der Waals surface area contributed by atoms with E-state index in [1.54, 1.807) is 0 Å². The van der Waals surface area contributed by atoms with Crippen LogP contribution in [0.3, 0.4) is 0 Å². The lowest BCUT2D eigenvalue weighted by atomic mass is 10.5. The number of hydrogen-bond donors (Lipinski definition) is 2. The Labute approximate surface area is 117 Å². The van der Waals surface area contributed by atoms with Gasteiger partial charge in [0.25, 0.3) is 0 Å². The largest absolute Gasteiger partial charge is 0.477 e. The SMILES string of the molecule is O=C(O)c1sccc1S(=O)(=O)NCc1ccc(Cl)o1. The van der Waals surface area contributed by atoms with E-state index in [0.29, 0.717) is 5.76 Å². The Morgan fingerprint density at radius 3 is 2.74 bits per heavy atom. The Bertz CT molecular complexity index is 703. The molecule has 0 radical (unpaired) electrons. The van der Waals surface area contributed by atoms with Crippen molar-refractivity contribution in [3.8, 4) is 0 Å². The Morgan fingerprint density at radius 2 is 2.16 bits per heavy atom. The second kappa shape index (κ2) is 5.33. The van der Waals surface area contributed by atoms with Gasteiger partial charge in [-0.05, 0) is 35.2 Å². The van der Waals surface area contributed by atoms with Crippen molar-refractivity contribution in [2.75, 3.05) is 0 Å². The summed E-state index contributed by atoms with van der Waals surface area (Å²) in [6.45, 7) is -0.107. The normalized spacial score (nSPS) is 11.6. The number of furan rings is 1. The minimum atomic E-state index is -3.91. The molecule has 0 aliphatic heterocycles. The quantitative estimate of drug-likeness (QED) is 0.879. The Kier molecular flexibility index (Phi) is 3.95. The fourth-order valence-electron chi connectivity index (χ4n) is 1.36. The molecule has 0 aliphatic rings. The molecular weight excluding hydrogens is 314 g/mol. The number of aromatic carboxylic acids is 1. The molecule has 6 nitrogen and oxygen atoms in total. The molecule has 2 rings (SSSR count). The zero-order chi connectivity index (χ0) is 14.0. The lowest BCUT2D eigenvalue weighted by Gasteiger charge is -2.04. The molecular formula is C10H8ClNO5S2. The summed E-state index contributed by atoms with van der Waals surface area (Å²) in [6.07, 6.45) is 0. The van der Waals surface area contributed by atoms with E-state index in [4.69, 9.17) is 21.1 Å². The van der Waals surface area contributed by atoms with Crippen LogP contribution in [-0.2, 0) is 16.6 Å². The zero-order valence-electron chi connectivity index (χ0n) is 9.29. The third-order valence-electron chi connectivity index (χ3n) is 2.18. The first-order chi connectivity index (χ1) is 8.90. The molecule has 2 aromatic heterocycles. The van der Waals surface area contributed by atoms with Crippen LogP contribution in [-0.4, -0.2) is 19.5 Å². The van der Waals surface area contributed by atoms with Gasteiger partial charge in [-0.2, -0.15) is 0 Å². The highest BCUT2D eigenvalue weighted by Gasteiger charge is 2.23. The first-order valence-electron chi connectivity index (χ1n) is 4.95. The van der Waals surface area contributed by atoms with E-state index in [2.05, 4.69) is 4.72 Å². The van der Waals surface area contributed by atoms with E-state index in [1.807, 2.05) is 0 Å².